The van der Waals surface area contributed by atoms with Crippen molar-refractivity contribution in [1.29, 1.82) is 0 Å². The van der Waals surface area contributed by atoms with Crippen LogP contribution < -0.4 is 11.5 Å². The smallest absolute Gasteiger partial charge is 0.256 e. The maximum Gasteiger partial charge on any atom is 0.256 e. The van der Waals surface area contributed by atoms with Crippen LogP contribution in [0.5, 0.6) is 0 Å². The molecular formula is C6H6N6O. The van der Waals surface area contributed by atoms with Gasteiger partial charge < -0.3 is 11.5 Å². The molecule has 0 aliphatic rings. The summed E-state index contributed by atoms with van der Waals surface area (Å²) in [5.41, 5.74) is 11.0. The third-order valence-electron chi connectivity index (χ3n) is 1.58. The minimum atomic E-state index is -0.647. The maximum absolute atomic E-state index is 10.9. The first-order chi connectivity index (χ1) is 6.20. The van der Waals surface area contributed by atoms with Crippen molar-refractivity contribution in [3.63, 3.8) is 0 Å². The topological polar surface area (TPSA) is 112 Å². The van der Waals surface area contributed by atoms with E-state index in [1.807, 2.05) is 0 Å². The zero-order valence-electron chi connectivity index (χ0n) is 6.51. The van der Waals surface area contributed by atoms with Gasteiger partial charge in [-0.2, -0.15) is 0 Å². The lowest BCUT2D eigenvalue weighted by atomic mass is 10.3. The third-order valence-corrected chi connectivity index (χ3v) is 1.58. The second-order valence-corrected chi connectivity index (χ2v) is 2.40. The predicted octanol–water partition coefficient (Wildman–Crippen LogP) is -1.19. The van der Waals surface area contributed by atoms with E-state index in [-0.39, 0.29) is 11.4 Å². The van der Waals surface area contributed by atoms with E-state index in [0.717, 1.165) is 0 Å². The summed E-state index contributed by atoms with van der Waals surface area (Å²) in [6, 6.07) is 0. The number of anilines is 1. The maximum atomic E-state index is 10.9. The normalized spacial score (nSPS) is 10.5. The molecule has 2 aromatic rings. The molecule has 2 rings (SSSR count). The van der Waals surface area contributed by atoms with E-state index in [9.17, 15) is 4.79 Å². The number of nitrogens with two attached hydrogens (primary N) is 2. The van der Waals surface area contributed by atoms with Crippen LogP contribution >= 0.6 is 0 Å². The van der Waals surface area contributed by atoms with E-state index in [1.165, 1.54) is 17.2 Å². The highest BCUT2D eigenvalue weighted by molar-refractivity contribution is 6.03. The first kappa shape index (κ1) is 7.47. The van der Waals surface area contributed by atoms with Gasteiger partial charge in [-0.25, -0.2) is 14.5 Å². The van der Waals surface area contributed by atoms with E-state index in [2.05, 4.69) is 15.1 Å². The highest BCUT2D eigenvalue weighted by Crippen LogP contribution is 2.13. The number of carbonyl (C=O) groups excluding carboxylic acids is 1. The Morgan fingerprint density at radius 2 is 2.31 bits per heavy atom. The third kappa shape index (κ3) is 0.975. The summed E-state index contributed by atoms with van der Waals surface area (Å²) in [4.78, 5) is 18.5. The molecule has 0 bridgehead atoms. The summed E-state index contributed by atoms with van der Waals surface area (Å²) in [5.74, 6) is -0.584. The minimum absolute atomic E-state index is 0.0630. The fraction of sp³-hybridized carbons (Fsp3) is 0. The molecule has 7 nitrogen and oxygen atoms in total. The van der Waals surface area contributed by atoms with E-state index < -0.39 is 5.91 Å². The summed E-state index contributed by atoms with van der Waals surface area (Å²) >= 11 is 0. The van der Waals surface area contributed by atoms with Crippen LogP contribution in [0.2, 0.25) is 0 Å². The van der Waals surface area contributed by atoms with Crippen molar-refractivity contribution in [1.82, 2.24) is 19.6 Å². The molecule has 0 saturated carbocycles. The van der Waals surface area contributed by atoms with Gasteiger partial charge in [-0.05, 0) is 0 Å². The van der Waals surface area contributed by atoms with Gasteiger partial charge in [0.2, 0.25) is 0 Å². The van der Waals surface area contributed by atoms with Crippen molar-refractivity contribution in [2.75, 3.05) is 5.73 Å². The summed E-state index contributed by atoms with van der Waals surface area (Å²) in [5, 5.41) is 3.80. The number of rotatable bonds is 1. The van der Waals surface area contributed by atoms with E-state index in [1.54, 1.807) is 0 Å². The largest absolute Gasteiger partial charge is 0.381 e. The Morgan fingerprint density at radius 3 is 3.00 bits per heavy atom. The molecule has 0 aliphatic heterocycles. The highest BCUT2D eigenvalue weighted by Gasteiger charge is 2.15. The lowest BCUT2D eigenvalue weighted by molar-refractivity contribution is 0.100. The molecule has 66 valence electrons. The number of primary amides is 1. The van der Waals surface area contributed by atoms with Gasteiger partial charge in [0.15, 0.2) is 11.5 Å². The van der Waals surface area contributed by atoms with Crippen LogP contribution in [0.3, 0.4) is 0 Å². The number of carbonyl (C=O) groups is 1. The number of hydrogen-bond donors (Lipinski definition) is 2. The Balaban J connectivity index is 2.86. The van der Waals surface area contributed by atoms with Gasteiger partial charge in [-0.1, -0.05) is 0 Å². The fourth-order valence-corrected chi connectivity index (χ4v) is 1.06. The lowest BCUT2D eigenvalue weighted by Gasteiger charge is -1.90. The number of hydrogen-bond acceptors (Lipinski definition) is 5. The lowest BCUT2D eigenvalue weighted by Crippen LogP contribution is -2.13. The standard InChI is InChI=1S/C6H6N6O/c7-4-3(5(8)13)6-10-1-9-2-12(6)11-4/h1-2H,(H2,7,11)(H2,8,13). The van der Waals surface area contributed by atoms with Gasteiger partial charge in [-0.15, -0.1) is 5.10 Å². The Hall–Kier alpha value is -2.18. The van der Waals surface area contributed by atoms with Crippen LogP contribution in [0.4, 0.5) is 5.82 Å². The molecular weight excluding hydrogens is 172 g/mol. The summed E-state index contributed by atoms with van der Waals surface area (Å²) in [6.45, 7) is 0. The van der Waals surface area contributed by atoms with E-state index in [0.29, 0.717) is 5.65 Å². The van der Waals surface area contributed by atoms with Gasteiger partial charge in [0.05, 0.1) is 0 Å². The van der Waals surface area contributed by atoms with Crippen LogP contribution in [0.1, 0.15) is 10.4 Å². The molecule has 1 amide bonds. The Morgan fingerprint density at radius 1 is 1.54 bits per heavy atom. The molecule has 13 heavy (non-hydrogen) atoms. The van der Waals surface area contributed by atoms with Crippen LogP contribution in [0.25, 0.3) is 5.65 Å². The molecule has 2 heterocycles. The molecule has 0 radical (unpaired) electrons. The number of nitrogens with zero attached hydrogens (tertiary/aromatic N) is 4. The number of aromatic nitrogens is 4. The van der Waals surface area contributed by atoms with Crippen LogP contribution in [0, 0.1) is 0 Å². The summed E-state index contributed by atoms with van der Waals surface area (Å²) < 4.78 is 1.30. The molecule has 2 aromatic heterocycles. The minimum Gasteiger partial charge on any atom is -0.381 e. The van der Waals surface area contributed by atoms with Crippen molar-refractivity contribution in [2.24, 2.45) is 5.73 Å². The van der Waals surface area contributed by atoms with Gasteiger partial charge in [0.1, 0.15) is 18.2 Å². The quantitative estimate of drug-likeness (QED) is 0.569. The predicted molar refractivity (Wildman–Crippen MR) is 43.7 cm³/mol. The van der Waals surface area contributed by atoms with Crippen molar-refractivity contribution >= 4 is 17.4 Å². The van der Waals surface area contributed by atoms with Crippen LogP contribution in [0.15, 0.2) is 12.7 Å². The van der Waals surface area contributed by atoms with Gasteiger partial charge in [0, 0.05) is 0 Å². The van der Waals surface area contributed by atoms with Crippen LogP contribution in [-0.2, 0) is 0 Å². The first-order valence-electron chi connectivity index (χ1n) is 3.44. The van der Waals surface area contributed by atoms with Gasteiger partial charge >= 0.3 is 0 Å². The zero-order chi connectivity index (χ0) is 9.42. The fourth-order valence-electron chi connectivity index (χ4n) is 1.06. The molecule has 0 atom stereocenters. The van der Waals surface area contributed by atoms with Crippen molar-refractivity contribution in [3.05, 3.63) is 18.2 Å². The number of fused-ring (bicyclic) bond motifs is 1. The second kappa shape index (κ2) is 2.41. The molecule has 0 aromatic carbocycles. The average Bonchev–Trinajstić information content (AvgIpc) is 2.39. The number of nitrogen functional groups attached to an aromatic ring is 1. The SMILES string of the molecule is NC(=O)c1c(N)nn2cncnc12. The first-order valence-corrected chi connectivity index (χ1v) is 3.44. The van der Waals surface area contributed by atoms with Gasteiger partial charge in [-0.3, -0.25) is 4.79 Å². The Labute approximate surface area is 72.4 Å². The monoisotopic (exact) mass is 178 g/mol. The van der Waals surface area contributed by atoms with Crippen LogP contribution in [-0.4, -0.2) is 25.5 Å². The molecule has 0 aliphatic carbocycles. The molecule has 0 unspecified atom stereocenters. The number of amides is 1. The van der Waals surface area contributed by atoms with Crippen molar-refractivity contribution in [3.8, 4) is 0 Å². The summed E-state index contributed by atoms with van der Waals surface area (Å²) in [6.07, 6.45) is 2.69. The van der Waals surface area contributed by atoms with Gasteiger partial charge in [0.25, 0.3) is 5.91 Å². The average molecular weight is 178 g/mol. The highest BCUT2D eigenvalue weighted by atomic mass is 16.1. The Bertz CT molecular complexity index is 475. The molecule has 4 N–H and O–H groups in total. The van der Waals surface area contributed by atoms with Crippen molar-refractivity contribution in [2.45, 2.75) is 0 Å². The molecule has 0 saturated heterocycles. The second-order valence-electron chi connectivity index (χ2n) is 2.40. The van der Waals surface area contributed by atoms with E-state index >= 15 is 0 Å². The zero-order valence-corrected chi connectivity index (χ0v) is 6.51. The summed E-state index contributed by atoms with van der Waals surface area (Å²) in [7, 11) is 0. The molecule has 7 heteroatoms. The molecule has 0 spiro atoms. The molecule has 0 fully saturated rings. The Kier molecular flexibility index (Phi) is 1.38. The van der Waals surface area contributed by atoms with Crippen molar-refractivity contribution < 1.29 is 4.79 Å². The van der Waals surface area contributed by atoms with E-state index in [4.69, 9.17) is 11.5 Å².